The zero-order valence-corrected chi connectivity index (χ0v) is 9.09. The first kappa shape index (κ1) is 12.3. The maximum absolute atomic E-state index is 8.45. The van der Waals surface area contributed by atoms with E-state index in [1.165, 1.54) is 6.20 Å². The molecule has 0 saturated heterocycles. The second-order valence-electron chi connectivity index (χ2n) is 3.07. The molecule has 0 bridgehead atoms. The van der Waals surface area contributed by atoms with E-state index in [9.17, 15) is 0 Å². The van der Waals surface area contributed by atoms with Crippen LogP contribution in [-0.4, -0.2) is 36.4 Å². The molecule has 6 heteroatoms. The van der Waals surface area contributed by atoms with Gasteiger partial charge in [0.25, 0.3) is 0 Å². The Morgan fingerprint density at radius 3 is 2.88 bits per heavy atom. The molecule has 0 aliphatic heterocycles. The summed E-state index contributed by atoms with van der Waals surface area (Å²) >= 11 is 0. The lowest BCUT2D eigenvalue weighted by molar-refractivity contribution is 0.170. The van der Waals surface area contributed by atoms with Gasteiger partial charge in [-0.05, 0) is 6.07 Å². The molecule has 1 heterocycles. The minimum atomic E-state index is 0.0263. The van der Waals surface area contributed by atoms with Crippen LogP contribution < -0.4 is 10.5 Å². The van der Waals surface area contributed by atoms with Crippen LogP contribution in [0, 0.1) is 0 Å². The van der Waals surface area contributed by atoms with Crippen molar-refractivity contribution in [3.05, 3.63) is 23.9 Å². The molecule has 1 aromatic rings. The van der Waals surface area contributed by atoms with E-state index in [4.69, 9.17) is 20.4 Å². The van der Waals surface area contributed by atoms with E-state index < -0.39 is 0 Å². The van der Waals surface area contributed by atoms with Crippen molar-refractivity contribution in [1.82, 2.24) is 4.98 Å². The normalized spacial score (nSPS) is 11.4. The summed E-state index contributed by atoms with van der Waals surface area (Å²) in [6.07, 6.45) is 2.29. The third kappa shape index (κ3) is 3.74. The van der Waals surface area contributed by atoms with E-state index in [1.807, 2.05) is 0 Å². The van der Waals surface area contributed by atoms with Gasteiger partial charge in [-0.3, -0.25) is 0 Å². The molecule has 88 valence electrons. The van der Waals surface area contributed by atoms with Gasteiger partial charge in [0.15, 0.2) is 5.84 Å². The standard InChI is InChI=1S/C10H15N3O3/c1-15-5-2-6-16-9-4-3-8(7-12-9)10(11)13-14/h3-4,7,14H,2,5-6H2,1H3,(H2,11,13). The average Bonchev–Trinajstić information content (AvgIpc) is 2.34. The summed E-state index contributed by atoms with van der Waals surface area (Å²) < 4.78 is 10.2. The number of hydrogen-bond donors (Lipinski definition) is 2. The van der Waals surface area contributed by atoms with Gasteiger partial charge in [-0.1, -0.05) is 5.16 Å². The summed E-state index contributed by atoms with van der Waals surface area (Å²) in [5, 5.41) is 11.3. The van der Waals surface area contributed by atoms with Crippen molar-refractivity contribution in [2.45, 2.75) is 6.42 Å². The predicted octanol–water partition coefficient (Wildman–Crippen LogP) is 0.591. The molecule has 16 heavy (non-hydrogen) atoms. The molecule has 6 nitrogen and oxygen atoms in total. The number of rotatable bonds is 6. The Morgan fingerprint density at radius 1 is 1.50 bits per heavy atom. The number of pyridine rings is 1. The quantitative estimate of drug-likeness (QED) is 0.243. The summed E-state index contributed by atoms with van der Waals surface area (Å²) in [5.74, 6) is 0.532. The predicted molar refractivity (Wildman–Crippen MR) is 58.7 cm³/mol. The lowest BCUT2D eigenvalue weighted by Gasteiger charge is -2.05. The molecule has 0 saturated carbocycles. The summed E-state index contributed by atoms with van der Waals surface area (Å²) in [5.41, 5.74) is 5.93. The zero-order valence-electron chi connectivity index (χ0n) is 9.09. The number of ether oxygens (including phenoxy) is 2. The van der Waals surface area contributed by atoms with Crippen LogP contribution in [-0.2, 0) is 4.74 Å². The van der Waals surface area contributed by atoms with Gasteiger partial charge < -0.3 is 20.4 Å². The SMILES string of the molecule is COCCCOc1ccc(/C(N)=N/O)cn1. The third-order valence-corrected chi connectivity index (χ3v) is 1.88. The monoisotopic (exact) mass is 225 g/mol. The van der Waals surface area contributed by atoms with Crippen molar-refractivity contribution in [1.29, 1.82) is 0 Å². The minimum Gasteiger partial charge on any atom is -0.478 e. The fraction of sp³-hybridized carbons (Fsp3) is 0.400. The highest BCUT2D eigenvalue weighted by Crippen LogP contribution is 2.07. The van der Waals surface area contributed by atoms with Crippen LogP contribution in [0.3, 0.4) is 0 Å². The smallest absolute Gasteiger partial charge is 0.213 e. The van der Waals surface area contributed by atoms with Gasteiger partial charge in [0.1, 0.15) is 0 Å². The van der Waals surface area contributed by atoms with E-state index in [1.54, 1.807) is 19.2 Å². The average molecular weight is 225 g/mol. The van der Waals surface area contributed by atoms with Crippen LogP contribution in [0.4, 0.5) is 0 Å². The highest BCUT2D eigenvalue weighted by atomic mass is 16.5. The van der Waals surface area contributed by atoms with Gasteiger partial charge in [0.05, 0.1) is 6.61 Å². The Kier molecular flexibility index (Phi) is 5.07. The van der Waals surface area contributed by atoms with Crippen LogP contribution >= 0.6 is 0 Å². The zero-order chi connectivity index (χ0) is 11.8. The Hall–Kier alpha value is -1.82. The van der Waals surface area contributed by atoms with Gasteiger partial charge in [0.2, 0.25) is 5.88 Å². The first-order chi connectivity index (χ1) is 7.77. The molecule has 1 rings (SSSR count). The van der Waals surface area contributed by atoms with Gasteiger partial charge in [-0.15, -0.1) is 0 Å². The van der Waals surface area contributed by atoms with E-state index in [-0.39, 0.29) is 5.84 Å². The number of aromatic nitrogens is 1. The molecule has 0 spiro atoms. The number of oxime groups is 1. The van der Waals surface area contributed by atoms with Crippen molar-refractivity contribution in [3.63, 3.8) is 0 Å². The third-order valence-electron chi connectivity index (χ3n) is 1.88. The second kappa shape index (κ2) is 6.62. The number of amidine groups is 1. The topological polar surface area (TPSA) is 90.0 Å². The molecule has 0 unspecified atom stereocenters. The van der Waals surface area contributed by atoms with Gasteiger partial charge in [0, 0.05) is 38.0 Å². The molecular weight excluding hydrogens is 210 g/mol. The minimum absolute atomic E-state index is 0.0263. The fourth-order valence-electron chi connectivity index (χ4n) is 1.05. The number of nitrogens with two attached hydrogens (primary N) is 1. The van der Waals surface area contributed by atoms with E-state index in [0.29, 0.717) is 24.7 Å². The molecule has 0 fully saturated rings. The molecule has 0 aromatic carbocycles. The molecule has 0 radical (unpaired) electrons. The van der Waals surface area contributed by atoms with Crippen LogP contribution in [0.1, 0.15) is 12.0 Å². The first-order valence-electron chi connectivity index (χ1n) is 4.83. The highest BCUT2D eigenvalue weighted by molar-refractivity contribution is 5.96. The van der Waals surface area contributed by atoms with Crippen LogP contribution in [0.5, 0.6) is 5.88 Å². The molecule has 0 aliphatic carbocycles. The van der Waals surface area contributed by atoms with Gasteiger partial charge in [-0.2, -0.15) is 0 Å². The molecule has 0 atom stereocenters. The Bertz CT molecular complexity index is 338. The Morgan fingerprint density at radius 2 is 2.31 bits per heavy atom. The van der Waals surface area contributed by atoms with Crippen molar-refractivity contribution in [2.75, 3.05) is 20.3 Å². The molecule has 0 amide bonds. The van der Waals surface area contributed by atoms with Crippen molar-refractivity contribution >= 4 is 5.84 Å². The van der Waals surface area contributed by atoms with Crippen LogP contribution in [0.2, 0.25) is 0 Å². The van der Waals surface area contributed by atoms with E-state index in [2.05, 4.69) is 10.1 Å². The number of methoxy groups -OCH3 is 1. The Balaban J connectivity index is 2.45. The largest absolute Gasteiger partial charge is 0.478 e. The van der Waals surface area contributed by atoms with Crippen molar-refractivity contribution in [3.8, 4) is 5.88 Å². The second-order valence-corrected chi connectivity index (χ2v) is 3.07. The maximum atomic E-state index is 8.45. The fourth-order valence-corrected chi connectivity index (χ4v) is 1.05. The van der Waals surface area contributed by atoms with Crippen molar-refractivity contribution in [2.24, 2.45) is 10.9 Å². The van der Waals surface area contributed by atoms with Crippen LogP contribution in [0.25, 0.3) is 0 Å². The number of nitrogens with zero attached hydrogens (tertiary/aromatic N) is 2. The summed E-state index contributed by atoms with van der Waals surface area (Å²) in [6, 6.07) is 3.34. The summed E-state index contributed by atoms with van der Waals surface area (Å²) in [7, 11) is 1.64. The molecule has 3 N–H and O–H groups in total. The lowest BCUT2D eigenvalue weighted by Crippen LogP contribution is -2.13. The van der Waals surface area contributed by atoms with E-state index >= 15 is 0 Å². The maximum Gasteiger partial charge on any atom is 0.213 e. The highest BCUT2D eigenvalue weighted by Gasteiger charge is 2.00. The van der Waals surface area contributed by atoms with Crippen LogP contribution in [0.15, 0.2) is 23.5 Å². The lowest BCUT2D eigenvalue weighted by atomic mass is 10.3. The molecule has 0 aliphatic rings. The number of hydrogen-bond acceptors (Lipinski definition) is 5. The summed E-state index contributed by atoms with van der Waals surface area (Å²) in [6.45, 7) is 1.20. The van der Waals surface area contributed by atoms with Crippen molar-refractivity contribution < 1.29 is 14.7 Å². The van der Waals surface area contributed by atoms with Gasteiger partial charge in [-0.25, -0.2) is 4.98 Å². The molecule has 1 aromatic heterocycles. The molecular formula is C10H15N3O3. The van der Waals surface area contributed by atoms with Gasteiger partial charge >= 0.3 is 0 Å². The summed E-state index contributed by atoms with van der Waals surface area (Å²) in [4.78, 5) is 4.01. The first-order valence-corrected chi connectivity index (χ1v) is 4.83. The van der Waals surface area contributed by atoms with E-state index in [0.717, 1.165) is 6.42 Å². The Labute approximate surface area is 93.7 Å².